The van der Waals surface area contributed by atoms with Crippen molar-refractivity contribution in [3.63, 3.8) is 0 Å². The van der Waals surface area contributed by atoms with Gasteiger partial charge in [-0.2, -0.15) is 5.10 Å². The van der Waals surface area contributed by atoms with Crippen LogP contribution in [-0.2, 0) is 12.8 Å². The van der Waals surface area contributed by atoms with Gasteiger partial charge in [-0.1, -0.05) is 12.8 Å². The van der Waals surface area contributed by atoms with Gasteiger partial charge in [0, 0.05) is 31.1 Å². The molecule has 2 aromatic heterocycles. The zero-order valence-electron chi connectivity index (χ0n) is 12.5. The SMILES string of the molecule is NC(CCc1ccncc1)Cc1ccn(C2CCCC2)n1. The molecule has 2 heterocycles. The van der Waals surface area contributed by atoms with E-state index in [4.69, 9.17) is 10.8 Å². The molecule has 1 aliphatic carbocycles. The quantitative estimate of drug-likeness (QED) is 0.887. The number of aromatic nitrogens is 3. The van der Waals surface area contributed by atoms with Crippen LogP contribution in [0, 0.1) is 0 Å². The van der Waals surface area contributed by atoms with Gasteiger partial charge in [0.15, 0.2) is 0 Å². The van der Waals surface area contributed by atoms with Gasteiger partial charge in [-0.25, -0.2) is 0 Å². The zero-order chi connectivity index (χ0) is 14.5. The molecular weight excluding hydrogens is 260 g/mol. The van der Waals surface area contributed by atoms with Gasteiger partial charge >= 0.3 is 0 Å². The first kappa shape index (κ1) is 14.3. The second kappa shape index (κ2) is 6.85. The molecule has 0 radical (unpaired) electrons. The lowest BCUT2D eigenvalue weighted by atomic mass is 10.0. The van der Waals surface area contributed by atoms with E-state index in [0.717, 1.165) is 25.0 Å². The Labute approximate surface area is 126 Å². The molecule has 0 bridgehead atoms. The van der Waals surface area contributed by atoms with E-state index >= 15 is 0 Å². The summed E-state index contributed by atoms with van der Waals surface area (Å²) in [4.78, 5) is 4.04. The van der Waals surface area contributed by atoms with E-state index in [2.05, 4.69) is 34.1 Å². The van der Waals surface area contributed by atoms with Crippen LogP contribution in [0.2, 0.25) is 0 Å². The second-order valence-electron chi connectivity index (χ2n) is 6.08. The summed E-state index contributed by atoms with van der Waals surface area (Å²) in [5.74, 6) is 0. The van der Waals surface area contributed by atoms with Gasteiger partial charge in [0.25, 0.3) is 0 Å². The Balaban J connectivity index is 1.49. The predicted octanol–water partition coefficient (Wildman–Crippen LogP) is 2.90. The molecule has 3 rings (SSSR count). The van der Waals surface area contributed by atoms with Crippen molar-refractivity contribution in [2.45, 2.75) is 57.0 Å². The van der Waals surface area contributed by atoms with Crippen molar-refractivity contribution in [3.8, 4) is 0 Å². The molecule has 1 aliphatic rings. The highest BCUT2D eigenvalue weighted by atomic mass is 15.3. The lowest BCUT2D eigenvalue weighted by Gasteiger charge is -2.11. The van der Waals surface area contributed by atoms with E-state index < -0.39 is 0 Å². The molecule has 1 atom stereocenters. The van der Waals surface area contributed by atoms with Crippen LogP contribution in [0.25, 0.3) is 0 Å². The van der Waals surface area contributed by atoms with E-state index in [1.165, 1.54) is 31.2 Å². The molecule has 1 saturated carbocycles. The van der Waals surface area contributed by atoms with Gasteiger partial charge in [-0.15, -0.1) is 0 Å². The first-order chi connectivity index (χ1) is 10.3. The molecule has 0 spiro atoms. The molecule has 112 valence electrons. The van der Waals surface area contributed by atoms with E-state index in [1.807, 2.05) is 12.4 Å². The molecule has 2 N–H and O–H groups in total. The highest BCUT2D eigenvalue weighted by Gasteiger charge is 2.17. The average Bonchev–Trinajstić information content (AvgIpc) is 3.17. The smallest absolute Gasteiger partial charge is 0.0640 e. The van der Waals surface area contributed by atoms with Crippen LogP contribution < -0.4 is 5.73 Å². The molecular formula is C17H24N4. The van der Waals surface area contributed by atoms with E-state index in [9.17, 15) is 0 Å². The first-order valence-electron chi connectivity index (χ1n) is 8.00. The Morgan fingerprint density at radius 3 is 2.71 bits per heavy atom. The fourth-order valence-corrected chi connectivity index (χ4v) is 3.13. The summed E-state index contributed by atoms with van der Waals surface area (Å²) in [6, 6.07) is 7.03. The standard InChI is InChI=1S/C17H24N4/c18-15(6-5-14-7-10-19-11-8-14)13-16-9-12-21(20-16)17-3-1-2-4-17/h7-12,15,17H,1-6,13,18H2. The first-order valence-corrected chi connectivity index (χ1v) is 8.00. The number of pyridine rings is 1. The van der Waals surface area contributed by atoms with E-state index in [0.29, 0.717) is 6.04 Å². The van der Waals surface area contributed by atoms with Crippen LogP contribution in [0.5, 0.6) is 0 Å². The lowest BCUT2D eigenvalue weighted by molar-refractivity contribution is 0.460. The monoisotopic (exact) mass is 284 g/mol. The maximum absolute atomic E-state index is 6.25. The summed E-state index contributed by atoms with van der Waals surface area (Å²) >= 11 is 0. The summed E-state index contributed by atoms with van der Waals surface area (Å²) in [5.41, 5.74) is 8.68. The van der Waals surface area contributed by atoms with Crippen LogP contribution >= 0.6 is 0 Å². The second-order valence-corrected chi connectivity index (χ2v) is 6.08. The van der Waals surface area contributed by atoms with Crippen molar-refractivity contribution < 1.29 is 0 Å². The molecule has 0 amide bonds. The largest absolute Gasteiger partial charge is 0.327 e. The molecule has 0 saturated heterocycles. The minimum Gasteiger partial charge on any atom is -0.327 e. The van der Waals surface area contributed by atoms with Crippen molar-refractivity contribution in [1.29, 1.82) is 0 Å². The molecule has 21 heavy (non-hydrogen) atoms. The Bertz CT molecular complexity index is 543. The number of nitrogens with zero attached hydrogens (tertiary/aromatic N) is 3. The Kier molecular flexibility index (Phi) is 4.65. The predicted molar refractivity (Wildman–Crippen MR) is 84.0 cm³/mol. The summed E-state index contributed by atoms with van der Waals surface area (Å²) in [5, 5.41) is 4.71. The number of aryl methyl sites for hydroxylation is 1. The molecule has 0 aromatic carbocycles. The van der Waals surface area contributed by atoms with Crippen molar-refractivity contribution in [2.75, 3.05) is 0 Å². The fourth-order valence-electron chi connectivity index (χ4n) is 3.13. The molecule has 0 aliphatic heterocycles. The van der Waals surface area contributed by atoms with Gasteiger partial charge in [0.05, 0.1) is 11.7 Å². The fraction of sp³-hybridized carbons (Fsp3) is 0.529. The van der Waals surface area contributed by atoms with Crippen LogP contribution in [0.4, 0.5) is 0 Å². The van der Waals surface area contributed by atoms with Crippen molar-refractivity contribution in [3.05, 3.63) is 48.0 Å². The summed E-state index contributed by atoms with van der Waals surface area (Å²) in [6.45, 7) is 0. The third-order valence-corrected chi connectivity index (χ3v) is 4.39. The highest BCUT2D eigenvalue weighted by molar-refractivity contribution is 5.10. The molecule has 1 unspecified atom stereocenters. The van der Waals surface area contributed by atoms with Crippen LogP contribution in [0.15, 0.2) is 36.8 Å². The molecule has 4 heteroatoms. The third kappa shape index (κ3) is 3.91. The average molecular weight is 284 g/mol. The van der Waals surface area contributed by atoms with Gasteiger partial charge in [-0.05, 0) is 49.4 Å². The Morgan fingerprint density at radius 1 is 1.19 bits per heavy atom. The number of hydrogen-bond acceptors (Lipinski definition) is 3. The zero-order valence-corrected chi connectivity index (χ0v) is 12.5. The number of rotatable bonds is 6. The molecule has 1 fully saturated rings. The number of nitrogens with two attached hydrogens (primary N) is 1. The number of hydrogen-bond donors (Lipinski definition) is 1. The minimum absolute atomic E-state index is 0.171. The Morgan fingerprint density at radius 2 is 1.95 bits per heavy atom. The highest BCUT2D eigenvalue weighted by Crippen LogP contribution is 2.28. The van der Waals surface area contributed by atoms with Gasteiger partial charge in [-0.3, -0.25) is 9.67 Å². The van der Waals surface area contributed by atoms with Gasteiger partial charge < -0.3 is 5.73 Å². The van der Waals surface area contributed by atoms with Crippen molar-refractivity contribution in [2.24, 2.45) is 5.73 Å². The van der Waals surface area contributed by atoms with Gasteiger partial charge in [0.2, 0.25) is 0 Å². The van der Waals surface area contributed by atoms with Crippen LogP contribution in [-0.4, -0.2) is 20.8 Å². The van der Waals surface area contributed by atoms with E-state index in [1.54, 1.807) is 0 Å². The molecule has 2 aromatic rings. The topological polar surface area (TPSA) is 56.7 Å². The summed E-state index contributed by atoms with van der Waals surface area (Å²) in [7, 11) is 0. The van der Waals surface area contributed by atoms with Crippen LogP contribution in [0.1, 0.15) is 49.4 Å². The minimum atomic E-state index is 0.171. The maximum atomic E-state index is 6.25. The van der Waals surface area contributed by atoms with Crippen molar-refractivity contribution in [1.82, 2.24) is 14.8 Å². The maximum Gasteiger partial charge on any atom is 0.0640 e. The molecule has 4 nitrogen and oxygen atoms in total. The van der Waals surface area contributed by atoms with Crippen LogP contribution in [0.3, 0.4) is 0 Å². The normalized spacial score (nSPS) is 17.2. The third-order valence-electron chi connectivity index (χ3n) is 4.39. The van der Waals surface area contributed by atoms with Crippen molar-refractivity contribution >= 4 is 0 Å². The lowest BCUT2D eigenvalue weighted by Crippen LogP contribution is -2.24. The summed E-state index contributed by atoms with van der Waals surface area (Å²) in [6.07, 6.45) is 13.9. The van der Waals surface area contributed by atoms with E-state index in [-0.39, 0.29) is 6.04 Å². The Hall–Kier alpha value is -1.68. The van der Waals surface area contributed by atoms with Gasteiger partial charge in [0.1, 0.15) is 0 Å². The summed E-state index contributed by atoms with van der Waals surface area (Å²) < 4.78 is 2.15.